The van der Waals surface area contributed by atoms with Crippen molar-refractivity contribution >= 4 is 5.97 Å². The molecule has 0 aromatic heterocycles. The predicted molar refractivity (Wildman–Crippen MR) is 51.7 cm³/mol. The van der Waals surface area contributed by atoms with Crippen molar-refractivity contribution in [2.24, 2.45) is 0 Å². The molecule has 76 valence electrons. The normalized spacial score (nSPS) is 10.1. The van der Waals surface area contributed by atoms with Crippen molar-refractivity contribution in [3.05, 3.63) is 35.4 Å². The van der Waals surface area contributed by atoms with E-state index in [0.717, 1.165) is 11.1 Å². The lowest BCUT2D eigenvalue weighted by Gasteiger charge is -2.02. The second kappa shape index (κ2) is 5.36. The molecular formula is C10H13NO3. The zero-order chi connectivity index (χ0) is 10.4. The van der Waals surface area contributed by atoms with Crippen molar-refractivity contribution in [2.45, 2.75) is 13.2 Å². The van der Waals surface area contributed by atoms with Crippen LogP contribution in [0.25, 0.3) is 0 Å². The standard InChI is InChI=1S/C10H13NO3/c12-7-9-3-1-8(2-4-9)5-11-6-10(13)14/h1-4,11-12H,5-7H2,(H,13,14). The van der Waals surface area contributed by atoms with E-state index in [1.165, 1.54) is 0 Å². The number of nitrogens with one attached hydrogen (secondary N) is 1. The van der Waals surface area contributed by atoms with E-state index >= 15 is 0 Å². The zero-order valence-electron chi connectivity index (χ0n) is 7.73. The van der Waals surface area contributed by atoms with Gasteiger partial charge in [-0.15, -0.1) is 0 Å². The van der Waals surface area contributed by atoms with Gasteiger partial charge in [0.25, 0.3) is 0 Å². The Hall–Kier alpha value is -1.39. The zero-order valence-corrected chi connectivity index (χ0v) is 7.73. The van der Waals surface area contributed by atoms with Gasteiger partial charge in [-0.25, -0.2) is 0 Å². The lowest BCUT2D eigenvalue weighted by Crippen LogP contribution is -2.21. The molecule has 0 atom stereocenters. The summed E-state index contributed by atoms with van der Waals surface area (Å²) in [5.74, 6) is -0.864. The second-order valence-corrected chi connectivity index (χ2v) is 2.97. The van der Waals surface area contributed by atoms with Gasteiger partial charge in [0.15, 0.2) is 0 Å². The van der Waals surface area contributed by atoms with Crippen molar-refractivity contribution in [3.8, 4) is 0 Å². The summed E-state index contributed by atoms with van der Waals surface area (Å²) in [6.45, 7) is 0.516. The average Bonchev–Trinajstić information content (AvgIpc) is 2.18. The minimum Gasteiger partial charge on any atom is -0.480 e. The minimum absolute atomic E-state index is 0.0306. The molecule has 0 amide bonds. The molecule has 1 aromatic carbocycles. The molecule has 0 heterocycles. The highest BCUT2D eigenvalue weighted by atomic mass is 16.4. The van der Waals surface area contributed by atoms with Crippen molar-refractivity contribution in [3.63, 3.8) is 0 Å². The molecule has 0 spiro atoms. The average molecular weight is 195 g/mol. The molecule has 0 unspecified atom stereocenters. The number of rotatable bonds is 5. The number of carbonyl (C=O) groups is 1. The number of aliphatic carboxylic acids is 1. The highest BCUT2D eigenvalue weighted by Gasteiger charge is 1.96. The maximum Gasteiger partial charge on any atom is 0.317 e. The fourth-order valence-electron chi connectivity index (χ4n) is 1.08. The fourth-order valence-corrected chi connectivity index (χ4v) is 1.08. The van der Waals surface area contributed by atoms with E-state index < -0.39 is 5.97 Å². The van der Waals surface area contributed by atoms with E-state index in [4.69, 9.17) is 10.2 Å². The molecule has 1 rings (SSSR count). The molecule has 0 bridgehead atoms. The Morgan fingerprint density at radius 2 is 1.79 bits per heavy atom. The summed E-state index contributed by atoms with van der Waals surface area (Å²) in [7, 11) is 0. The topological polar surface area (TPSA) is 69.6 Å². The minimum atomic E-state index is -0.864. The first-order valence-electron chi connectivity index (χ1n) is 4.33. The van der Waals surface area contributed by atoms with Gasteiger partial charge in [-0.3, -0.25) is 4.79 Å². The number of aliphatic hydroxyl groups is 1. The molecule has 4 nitrogen and oxygen atoms in total. The quantitative estimate of drug-likeness (QED) is 0.634. The van der Waals surface area contributed by atoms with Gasteiger partial charge in [0.1, 0.15) is 0 Å². The van der Waals surface area contributed by atoms with Crippen LogP contribution in [0.3, 0.4) is 0 Å². The number of hydrogen-bond donors (Lipinski definition) is 3. The van der Waals surface area contributed by atoms with Gasteiger partial charge in [-0.1, -0.05) is 24.3 Å². The van der Waals surface area contributed by atoms with E-state index in [0.29, 0.717) is 6.54 Å². The number of carboxylic acid groups (broad SMARTS) is 1. The molecule has 0 aliphatic heterocycles. The maximum atomic E-state index is 10.2. The maximum absolute atomic E-state index is 10.2. The summed E-state index contributed by atoms with van der Waals surface area (Å²) in [5.41, 5.74) is 1.86. The number of aliphatic hydroxyl groups excluding tert-OH is 1. The highest BCUT2D eigenvalue weighted by Crippen LogP contribution is 2.03. The van der Waals surface area contributed by atoms with Crippen LogP contribution in [0.4, 0.5) is 0 Å². The van der Waals surface area contributed by atoms with Crippen LogP contribution in [-0.2, 0) is 17.9 Å². The Morgan fingerprint density at radius 1 is 1.21 bits per heavy atom. The smallest absolute Gasteiger partial charge is 0.317 e. The van der Waals surface area contributed by atoms with Crippen LogP contribution in [-0.4, -0.2) is 22.7 Å². The third-order valence-electron chi connectivity index (χ3n) is 1.81. The Balaban J connectivity index is 2.40. The van der Waals surface area contributed by atoms with Gasteiger partial charge in [-0.05, 0) is 11.1 Å². The summed E-state index contributed by atoms with van der Waals surface area (Å²) < 4.78 is 0. The summed E-state index contributed by atoms with van der Waals surface area (Å²) in [6, 6.07) is 7.36. The van der Waals surface area contributed by atoms with Crippen molar-refractivity contribution in [1.82, 2.24) is 5.32 Å². The van der Waals surface area contributed by atoms with E-state index in [1.54, 1.807) is 0 Å². The van der Waals surface area contributed by atoms with Gasteiger partial charge in [0.05, 0.1) is 13.2 Å². The molecule has 1 aromatic rings. The second-order valence-electron chi connectivity index (χ2n) is 2.97. The molecule has 4 heteroatoms. The number of carboxylic acids is 1. The Kier molecular flexibility index (Phi) is 4.10. The largest absolute Gasteiger partial charge is 0.480 e. The van der Waals surface area contributed by atoms with Crippen LogP contribution in [0.5, 0.6) is 0 Å². The van der Waals surface area contributed by atoms with Gasteiger partial charge < -0.3 is 15.5 Å². The first kappa shape index (κ1) is 10.7. The van der Waals surface area contributed by atoms with Crippen molar-refractivity contribution in [1.29, 1.82) is 0 Å². The molecular weight excluding hydrogens is 182 g/mol. The van der Waals surface area contributed by atoms with E-state index in [-0.39, 0.29) is 13.2 Å². The number of benzene rings is 1. The van der Waals surface area contributed by atoms with Gasteiger partial charge in [0.2, 0.25) is 0 Å². The molecule has 0 saturated heterocycles. The van der Waals surface area contributed by atoms with Gasteiger partial charge >= 0.3 is 5.97 Å². The molecule has 3 N–H and O–H groups in total. The van der Waals surface area contributed by atoms with Crippen LogP contribution in [0.2, 0.25) is 0 Å². The third kappa shape index (κ3) is 3.55. The molecule has 14 heavy (non-hydrogen) atoms. The van der Waals surface area contributed by atoms with Crippen molar-refractivity contribution < 1.29 is 15.0 Å². The van der Waals surface area contributed by atoms with Crippen molar-refractivity contribution in [2.75, 3.05) is 6.54 Å². The first-order valence-corrected chi connectivity index (χ1v) is 4.33. The lowest BCUT2D eigenvalue weighted by atomic mass is 10.1. The van der Waals surface area contributed by atoms with Crippen LogP contribution in [0, 0.1) is 0 Å². The number of hydrogen-bond acceptors (Lipinski definition) is 3. The van der Waals surface area contributed by atoms with Crippen LogP contribution in [0.1, 0.15) is 11.1 Å². The summed E-state index contributed by atoms with van der Waals surface area (Å²) >= 11 is 0. The Labute approximate surface area is 82.2 Å². The summed E-state index contributed by atoms with van der Waals surface area (Å²) in [4.78, 5) is 10.2. The van der Waals surface area contributed by atoms with E-state index in [1.807, 2.05) is 24.3 Å². The molecule has 0 saturated carbocycles. The Morgan fingerprint density at radius 3 is 2.29 bits per heavy atom. The van der Waals surface area contributed by atoms with E-state index in [2.05, 4.69) is 5.32 Å². The van der Waals surface area contributed by atoms with Crippen LogP contribution < -0.4 is 5.32 Å². The molecule has 0 radical (unpaired) electrons. The molecule has 0 fully saturated rings. The predicted octanol–water partition coefficient (Wildman–Crippen LogP) is 0.353. The monoisotopic (exact) mass is 195 g/mol. The summed E-state index contributed by atoms with van der Waals surface area (Å²) in [5, 5.41) is 19.9. The highest BCUT2D eigenvalue weighted by molar-refractivity contribution is 5.68. The van der Waals surface area contributed by atoms with Crippen LogP contribution >= 0.6 is 0 Å². The van der Waals surface area contributed by atoms with Crippen LogP contribution in [0.15, 0.2) is 24.3 Å². The lowest BCUT2D eigenvalue weighted by molar-refractivity contribution is -0.135. The fraction of sp³-hybridized carbons (Fsp3) is 0.300. The Bertz CT molecular complexity index is 295. The SMILES string of the molecule is O=C(O)CNCc1ccc(CO)cc1. The van der Waals surface area contributed by atoms with E-state index in [9.17, 15) is 4.79 Å². The first-order chi connectivity index (χ1) is 6.72. The van der Waals surface area contributed by atoms with Gasteiger partial charge in [0, 0.05) is 6.54 Å². The van der Waals surface area contributed by atoms with Gasteiger partial charge in [-0.2, -0.15) is 0 Å². The molecule has 0 aliphatic rings. The summed E-state index contributed by atoms with van der Waals surface area (Å²) in [6.07, 6.45) is 0. The molecule has 0 aliphatic carbocycles. The third-order valence-corrected chi connectivity index (χ3v) is 1.81.